The molecular weight excluding hydrogens is 338 g/mol. The molecule has 0 spiro atoms. The van der Waals surface area contributed by atoms with Gasteiger partial charge in [-0.1, -0.05) is 20.8 Å². The van der Waals surface area contributed by atoms with Crippen molar-refractivity contribution in [2.24, 2.45) is 0 Å². The summed E-state index contributed by atoms with van der Waals surface area (Å²) in [6.07, 6.45) is -0.271. The van der Waals surface area contributed by atoms with Crippen LogP contribution in [0.4, 0.5) is 0 Å². The second-order valence-electron chi connectivity index (χ2n) is 7.74. The minimum atomic E-state index is -2.02. The van der Waals surface area contributed by atoms with Gasteiger partial charge in [-0.15, -0.1) is 0 Å². The normalized spacial score (nSPS) is 17.0. The van der Waals surface area contributed by atoms with Gasteiger partial charge < -0.3 is 19.9 Å². The third-order valence-electron chi connectivity index (χ3n) is 4.96. The molecule has 1 atom stereocenters. The van der Waals surface area contributed by atoms with E-state index in [1.54, 1.807) is 4.68 Å². The topological polar surface area (TPSA) is 81.6 Å². The molecule has 0 saturated carbocycles. The molecule has 1 unspecified atom stereocenters. The molecule has 1 aromatic heterocycles. The summed E-state index contributed by atoms with van der Waals surface area (Å²) in [6.45, 7) is 13.6. The summed E-state index contributed by atoms with van der Waals surface area (Å²) in [4.78, 5) is 24.9. The molecule has 1 aromatic rings. The lowest BCUT2D eigenvalue weighted by Crippen LogP contribution is -2.42. The first-order chi connectivity index (χ1) is 11.5. The highest BCUT2D eigenvalue weighted by Crippen LogP contribution is 2.40. The molecule has 0 fully saturated rings. The van der Waals surface area contributed by atoms with Crippen LogP contribution in [0, 0.1) is 0 Å². The van der Waals surface area contributed by atoms with Gasteiger partial charge in [-0.3, -0.25) is 14.3 Å². The zero-order valence-corrected chi connectivity index (χ0v) is 17.1. The van der Waals surface area contributed by atoms with E-state index in [0.717, 1.165) is 0 Å². The third kappa shape index (κ3) is 3.59. The number of nitrogens with one attached hydrogen (secondary N) is 2. The number of hydrogen-bond acceptors (Lipinski definition) is 5. The van der Waals surface area contributed by atoms with E-state index in [1.807, 2.05) is 6.92 Å². The van der Waals surface area contributed by atoms with Gasteiger partial charge in [0.25, 0.3) is 5.91 Å². The Kier molecular flexibility index (Phi) is 5.34. The Labute approximate surface area is 149 Å². The van der Waals surface area contributed by atoms with Gasteiger partial charge in [-0.25, -0.2) is 0 Å². The molecule has 2 rings (SSSR count). The molecule has 2 N–H and O–H groups in total. The number of aromatic nitrogens is 1. The van der Waals surface area contributed by atoms with Crippen LogP contribution in [0.2, 0.25) is 18.1 Å². The van der Waals surface area contributed by atoms with Crippen LogP contribution in [0.25, 0.3) is 0 Å². The molecule has 0 aliphatic carbocycles. The monoisotopic (exact) mass is 367 g/mol. The molecular formula is C17H29N3O4Si. The van der Waals surface area contributed by atoms with Crippen molar-refractivity contribution in [3.8, 4) is 5.75 Å². The van der Waals surface area contributed by atoms with E-state index >= 15 is 0 Å². The molecule has 1 amide bonds. The molecule has 0 radical (unpaired) electrons. The summed E-state index contributed by atoms with van der Waals surface area (Å²) < 4.78 is 13.3. The van der Waals surface area contributed by atoms with E-state index in [0.29, 0.717) is 18.8 Å². The van der Waals surface area contributed by atoms with Crippen LogP contribution in [-0.2, 0) is 4.43 Å². The van der Waals surface area contributed by atoms with Gasteiger partial charge in [0.2, 0.25) is 5.43 Å². The lowest BCUT2D eigenvalue weighted by molar-refractivity contribution is 0.0943. The van der Waals surface area contributed by atoms with Crippen molar-refractivity contribution in [1.82, 2.24) is 9.99 Å². The molecule has 7 nitrogen and oxygen atoms in total. The van der Waals surface area contributed by atoms with E-state index in [-0.39, 0.29) is 33.9 Å². The molecule has 8 heteroatoms. The fourth-order valence-corrected chi connectivity index (χ4v) is 3.85. The molecule has 1 aliphatic rings. The van der Waals surface area contributed by atoms with Crippen LogP contribution >= 0.6 is 0 Å². The average Bonchev–Trinajstić information content (AvgIpc) is 2.86. The van der Waals surface area contributed by atoms with E-state index in [9.17, 15) is 9.59 Å². The van der Waals surface area contributed by atoms with Crippen molar-refractivity contribution in [2.75, 3.05) is 25.6 Å². The van der Waals surface area contributed by atoms with Gasteiger partial charge in [-0.2, -0.15) is 0 Å². The summed E-state index contributed by atoms with van der Waals surface area (Å²) in [5.74, 6) is -0.311. The van der Waals surface area contributed by atoms with E-state index in [4.69, 9.17) is 9.16 Å². The first-order valence-corrected chi connectivity index (χ1v) is 11.5. The Bertz CT molecular complexity index is 722. The van der Waals surface area contributed by atoms with E-state index in [1.165, 1.54) is 13.2 Å². The number of rotatable bonds is 5. The van der Waals surface area contributed by atoms with Gasteiger partial charge in [-0.05, 0) is 25.1 Å². The quantitative estimate of drug-likeness (QED) is 0.780. The first-order valence-electron chi connectivity index (χ1n) is 8.57. The van der Waals surface area contributed by atoms with Crippen molar-refractivity contribution in [3.63, 3.8) is 0 Å². The maximum Gasteiger partial charge on any atom is 0.273 e. The number of fused-ring (bicyclic) bond motifs is 1. The lowest BCUT2D eigenvalue weighted by atomic mass is 10.2. The third-order valence-corrected chi connectivity index (χ3v) is 9.45. The highest BCUT2D eigenvalue weighted by atomic mass is 28.4. The van der Waals surface area contributed by atoms with Crippen molar-refractivity contribution in [2.45, 2.75) is 51.9 Å². The predicted octanol–water partition coefficient (Wildman–Crippen LogP) is 2.23. The molecule has 140 valence electrons. The van der Waals surface area contributed by atoms with Crippen LogP contribution in [0.5, 0.6) is 5.75 Å². The van der Waals surface area contributed by atoms with Crippen LogP contribution < -0.4 is 20.9 Å². The van der Waals surface area contributed by atoms with Crippen molar-refractivity contribution in [1.29, 1.82) is 0 Å². The van der Waals surface area contributed by atoms with Crippen molar-refractivity contribution < 1.29 is 14.0 Å². The highest BCUT2D eigenvalue weighted by molar-refractivity contribution is 6.74. The molecule has 0 bridgehead atoms. The van der Waals surface area contributed by atoms with Gasteiger partial charge >= 0.3 is 0 Å². The van der Waals surface area contributed by atoms with Crippen molar-refractivity contribution in [3.05, 3.63) is 27.7 Å². The maximum absolute atomic E-state index is 12.5. The fourth-order valence-electron chi connectivity index (χ4n) is 2.58. The Morgan fingerprint density at radius 1 is 1.44 bits per heavy atom. The number of pyridine rings is 1. The zero-order chi connectivity index (χ0) is 19.0. The second-order valence-corrected chi connectivity index (χ2v) is 12.5. The van der Waals surface area contributed by atoms with Crippen LogP contribution in [0.3, 0.4) is 0 Å². The second kappa shape index (κ2) is 6.84. The van der Waals surface area contributed by atoms with Crippen molar-refractivity contribution >= 4 is 14.2 Å². The van der Waals surface area contributed by atoms with Crippen LogP contribution in [-0.4, -0.2) is 39.1 Å². The maximum atomic E-state index is 12.5. The average molecular weight is 368 g/mol. The summed E-state index contributed by atoms with van der Waals surface area (Å²) >= 11 is 0. The minimum absolute atomic E-state index is 0.0372. The lowest BCUT2D eigenvalue weighted by Gasteiger charge is -2.38. The van der Waals surface area contributed by atoms with Crippen LogP contribution in [0.15, 0.2) is 10.9 Å². The van der Waals surface area contributed by atoms with Crippen LogP contribution in [0.1, 0.15) is 50.0 Å². The number of methoxy groups -OCH3 is 1. The predicted molar refractivity (Wildman–Crippen MR) is 101 cm³/mol. The van der Waals surface area contributed by atoms with Gasteiger partial charge in [0, 0.05) is 12.6 Å². The first kappa shape index (κ1) is 19.5. The number of ether oxygens (including phenoxy) is 1. The number of hydrogen-bond donors (Lipinski definition) is 2. The largest absolute Gasteiger partial charge is 0.491 e. The fraction of sp³-hybridized carbons (Fsp3) is 0.647. The van der Waals surface area contributed by atoms with E-state index < -0.39 is 8.32 Å². The SMILES string of the molecule is CCNC(=O)c1c(OC)c(=O)cc2n1NCC2O[Si](C)(C)C(C)(C)C. The summed E-state index contributed by atoms with van der Waals surface area (Å²) in [6, 6.07) is 1.50. The highest BCUT2D eigenvalue weighted by Gasteiger charge is 2.41. The number of carbonyl (C=O) groups is 1. The summed E-state index contributed by atoms with van der Waals surface area (Å²) in [5, 5.41) is 2.78. The standard InChI is InChI=1S/C17H29N3O4Si/c1-8-18-16(22)14-15(23-5)12(21)9-11-13(10-19-20(11)14)24-25(6,7)17(2,3)4/h9,13,19H,8,10H2,1-7H3,(H,18,22). The molecule has 2 heterocycles. The Hall–Kier alpha value is -1.80. The van der Waals surface area contributed by atoms with Gasteiger partial charge in [0.15, 0.2) is 19.8 Å². The summed E-state index contributed by atoms with van der Waals surface area (Å²) in [5.41, 5.74) is 3.70. The molecule has 0 saturated heterocycles. The molecule has 25 heavy (non-hydrogen) atoms. The summed E-state index contributed by atoms with van der Waals surface area (Å²) in [7, 11) is -0.631. The van der Waals surface area contributed by atoms with E-state index in [2.05, 4.69) is 44.6 Å². The van der Waals surface area contributed by atoms with Gasteiger partial charge in [0.05, 0.1) is 19.3 Å². The van der Waals surface area contributed by atoms with Gasteiger partial charge in [0.1, 0.15) is 6.10 Å². The number of carbonyl (C=O) groups excluding carboxylic acids is 1. The number of amides is 1. The zero-order valence-electron chi connectivity index (χ0n) is 16.1. The molecule has 0 aromatic carbocycles. The minimum Gasteiger partial charge on any atom is -0.491 e. The Morgan fingerprint density at radius 3 is 2.60 bits per heavy atom. The molecule has 1 aliphatic heterocycles. The Balaban J connectivity index is 2.50. The Morgan fingerprint density at radius 2 is 2.08 bits per heavy atom. The number of nitrogens with zero attached hydrogens (tertiary/aromatic N) is 1. The smallest absolute Gasteiger partial charge is 0.273 e.